The van der Waals surface area contributed by atoms with Crippen molar-refractivity contribution in [3.8, 4) is 5.75 Å². The third kappa shape index (κ3) is 2.61. The van der Waals surface area contributed by atoms with Crippen LogP contribution >= 0.6 is 11.3 Å². The Morgan fingerprint density at radius 1 is 1.24 bits per heavy atom. The van der Waals surface area contributed by atoms with Gasteiger partial charge in [-0.1, -0.05) is 47.7 Å². The van der Waals surface area contributed by atoms with Gasteiger partial charge in [0.05, 0.1) is 10.6 Å². The number of aromatic nitrogens is 1. The molecule has 146 valence electrons. The Kier molecular flexibility index (Phi) is 3.86. The Balaban J connectivity index is 1.83. The van der Waals surface area contributed by atoms with Crippen LogP contribution in [0.15, 0.2) is 58.3 Å². The van der Waals surface area contributed by atoms with Crippen LogP contribution in [0.25, 0.3) is 6.08 Å². The molecule has 2 aliphatic rings. The van der Waals surface area contributed by atoms with Crippen LogP contribution in [0.1, 0.15) is 31.0 Å². The molecule has 5 nitrogen and oxygen atoms in total. The Labute approximate surface area is 169 Å². The third-order valence-electron chi connectivity index (χ3n) is 5.51. The first-order valence-corrected chi connectivity index (χ1v) is 10.1. The van der Waals surface area contributed by atoms with Crippen molar-refractivity contribution in [2.24, 2.45) is 10.9 Å². The van der Waals surface area contributed by atoms with Crippen LogP contribution in [0.2, 0.25) is 0 Å². The van der Waals surface area contributed by atoms with Gasteiger partial charge in [-0.15, -0.1) is 0 Å². The molecule has 3 aromatic rings. The lowest BCUT2D eigenvalue weighted by molar-refractivity contribution is -0.132. The zero-order chi connectivity index (χ0) is 20.3. The maximum absolute atomic E-state index is 14.1. The molecule has 5 rings (SSSR count). The molecule has 2 bridgehead atoms. The molecule has 0 saturated carbocycles. The maximum Gasteiger partial charge on any atom is 0.270 e. The van der Waals surface area contributed by atoms with Crippen LogP contribution in [-0.4, -0.2) is 16.1 Å². The Bertz CT molecular complexity index is 1340. The highest BCUT2D eigenvalue weighted by molar-refractivity contribution is 7.07. The van der Waals surface area contributed by atoms with Crippen LogP contribution in [0.5, 0.6) is 5.75 Å². The van der Waals surface area contributed by atoms with Crippen molar-refractivity contribution in [1.29, 1.82) is 0 Å². The number of hydrogen-bond donors (Lipinski definition) is 0. The van der Waals surface area contributed by atoms with Crippen molar-refractivity contribution >= 4 is 23.2 Å². The Morgan fingerprint density at radius 2 is 1.97 bits per heavy atom. The lowest BCUT2D eigenvalue weighted by Gasteiger charge is -2.45. The van der Waals surface area contributed by atoms with Gasteiger partial charge in [0.25, 0.3) is 5.56 Å². The van der Waals surface area contributed by atoms with E-state index < -0.39 is 23.5 Å². The van der Waals surface area contributed by atoms with Crippen molar-refractivity contribution in [1.82, 2.24) is 4.57 Å². The smallest absolute Gasteiger partial charge is 0.270 e. The molecule has 1 aromatic heterocycles. The largest absolute Gasteiger partial charge is 0.465 e. The van der Waals surface area contributed by atoms with Crippen molar-refractivity contribution < 1.29 is 13.9 Å². The number of ketones is 1. The molecule has 3 heterocycles. The van der Waals surface area contributed by atoms with Gasteiger partial charge in [0, 0.05) is 11.1 Å². The number of carbonyl (C=O) groups is 1. The first-order chi connectivity index (χ1) is 13.9. The fraction of sp³-hybridized carbons (Fsp3) is 0.227. The highest BCUT2D eigenvalue weighted by Gasteiger charge is 2.53. The number of halogens is 1. The molecule has 0 fully saturated rings. The summed E-state index contributed by atoms with van der Waals surface area (Å²) in [6.07, 6.45) is 1.53. The van der Waals surface area contributed by atoms with Crippen LogP contribution in [0, 0.1) is 11.7 Å². The van der Waals surface area contributed by atoms with E-state index in [2.05, 4.69) is 4.99 Å². The molecular weight excluding hydrogens is 391 g/mol. The van der Waals surface area contributed by atoms with E-state index in [0.717, 1.165) is 5.56 Å². The number of hydrogen-bond acceptors (Lipinski definition) is 5. The summed E-state index contributed by atoms with van der Waals surface area (Å²) < 4.78 is 22.2. The number of fused-ring (bicyclic) bond motifs is 6. The van der Waals surface area contributed by atoms with Crippen molar-refractivity contribution in [2.45, 2.75) is 25.6 Å². The minimum atomic E-state index is -1.10. The maximum atomic E-state index is 14.1. The van der Waals surface area contributed by atoms with E-state index in [0.29, 0.717) is 20.6 Å². The zero-order valence-electron chi connectivity index (χ0n) is 15.8. The van der Waals surface area contributed by atoms with E-state index in [-0.39, 0.29) is 11.3 Å². The molecule has 7 heteroatoms. The molecule has 0 spiro atoms. The van der Waals surface area contributed by atoms with E-state index in [4.69, 9.17) is 4.74 Å². The van der Waals surface area contributed by atoms with E-state index in [1.54, 1.807) is 29.7 Å². The van der Waals surface area contributed by atoms with Crippen molar-refractivity contribution in [2.75, 3.05) is 0 Å². The van der Waals surface area contributed by atoms with Gasteiger partial charge in [0.15, 0.2) is 4.80 Å². The monoisotopic (exact) mass is 408 g/mol. The average Bonchev–Trinajstić information content (AvgIpc) is 2.96. The lowest BCUT2D eigenvalue weighted by Crippen LogP contribution is -2.58. The van der Waals surface area contributed by atoms with Crippen LogP contribution in [0.4, 0.5) is 4.39 Å². The predicted octanol–water partition coefficient (Wildman–Crippen LogP) is 2.41. The standard InChI is InChI=1S/C22H17FN2O3S/c1-12(26)18-19-14-8-4-6-10-16(14)28-22(18,2)24-21-25(19)20(27)17(29-21)11-13-7-3-5-9-15(13)23/h3-11,18-19H,1-2H3/b17-11-/t18-,19-,22-/m0/s1. The summed E-state index contributed by atoms with van der Waals surface area (Å²) in [5, 5.41) is 0. The normalized spacial score (nSPS) is 24.9. The van der Waals surface area contributed by atoms with Crippen molar-refractivity contribution in [3.63, 3.8) is 0 Å². The van der Waals surface area contributed by atoms with Crippen LogP contribution in [0.3, 0.4) is 0 Å². The summed E-state index contributed by atoms with van der Waals surface area (Å²) in [5.74, 6) is -0.511. The summed E-state index contributed by atoms with van der Waals surface area (Å²) >= 11 is 1.18. The number of Topliss-reactive ketones (excluding diaryl/α,β-unsaturated/α-hetero) is 1. The fourth-order valence-corrected chi connectivity index (χ4v) is 5.38. The molecule has 0 radical (unpaired) electrons. The molecule has 2 aliphatic heterocycles. The Hall–Kier alpha value is -3.06. The summed E-state index contributed by atoms with van der Waals surface area (Å²) in [5.41, 5.74) is -0.277. The van der Waals surface area contributed by atoms with Gasteiger partial charge in [-0.3, -0.25) is 14.2 Å². The number of para-hydroxylation sites is 1. The van der Waals surface area contributed by atoms with Crippen molar-refractivity contribution in [3.05, 3.63) is 85.2 Å². The van der Waals surface area contributed by atoms with Crippen LogP contribution < -0.4 is 19.6 Å². The second kappa shape index (κ2) is 6.22. The minimum absolute atomic E-state index is 0.0980. The highest BCUT2D eigenvalue weighted by atomic mass is 32.1. The van der Waals surface area contributed by atoms with Gasteiger partial charge < -0.3 is 4.74 Å². The second-order valence-electron chi connectivity index (χ2n) is 7.43. The molecule has 0 unspecified atom stereocenters. The quantitative estimate of drug-likeness (QED) is 0.654. The first kappa shape index (κ1) is 18.0. The van der Waals surface area contributed by atoms with Gasteiger partial charge >= 0.3 is 0 Å². The second-order valence-corrected chi connectivity index (χ2v) is 8.44. The van der Waals surface area contributed by atoms with Gasteiger partial charge in [-0.05, 0) is 32.1 Å². The number of rotatable bonds is 2. The lowest BCUT2D eigenvalue weighted by atomic mass is 9.79. The zero-order valence-corrected chi connectivity index (χ0v) is 16.6. The molecule has 29 heavy (non-hydrogen) atoms. The highest BCUT2D eigenvalue weighted by Crippen LogP contribution is 2.47. The third-order valence-corrected chi connectivity index (χ3v) is 6.49. The number of benzene rings is 2. The van der Waals surface area contributed by atoms with Gasteiger partial charge in [-0.2, -0.15) is 0 Å². The molecule has 0 saturated heterocycles. The van der Waals surface area contributed by atoms with Gasteiger partial charge in [0.1, 0.15) is 23.3 Å². The number of ether oxygens (including phenoxy) is 1. The van der Waals surface area contributed by atoms with Gasteiger partial charge in [0.2, 0.25) is 5.72 Å². The molecule has 2 aromatic carbocycles. The summed E-state index contributed by atoms with van der Waals surface area (Å²) in [4.78, 5) is 31.0. The SMILES string of the molecule is CC(=O)[C@H]1[C@@H]2c3ccccc3O[C@]1(C)N=c1s/c(=C\c3ccccc3F)c(=O)n12. The van der Waals surface area contributed by atoms with E-state index in [1.165, 1.54) is 30.4 Å². The van der Waals surface area contributed by atoms with E-state index >= 15 is 0 Å². The number of nitrogens with zero attached hydrogens (tertiary/aromatic N) is 2. The minimum Gasteiger partial charge on any atom is -0.465 e. The fourth-order valence-electron chi connectivity index (χ4n) is 4.29. The average molecular weight is 408 g/mol. The van der Waals surface area contributed by atoms with E-state index in [1.807, 2.05) is 24.3 Å². The molecule has 0 amide bonds. The summed E-state index contributed by atoms with van der Waals surface area (Å²) in [6, 6.07) is 13.2. The molecule has 3 atom stereocenters. The summed E-state index contributed by atoms with van der Waals surface area (Å²) in [6.45, 7) is 3.27. The van der Waals surface area contributed by atoms with Gasteiger partial charge in [-0.25, -0.2) is 9.38 Å². The Morgan fingerprint density at radius 3 is 2.72 bits per heavy atom. The van der Waals surface area contributed by atoms with Crippen LogP contribution in [-0.2, 0) is 4.79 Å². The first-order valence-electron chi connectivity index (χ1n) is 9.25. The molecular formula is C22H17FN2O3S. The topological polar surface area (TPSA) is 60.7 Å². The number of carbonyl (C=O) groups excluding carboxylic acids is 1. The number of thiazole rings is 1. The summed E-state index contributed by atoms with van der Waals surface area (Å²) in [7, 11) is 0. The predicted molar refractivity (Wildman–Crippen MR) is 107 cm³/mol. The molecule has 0 aliphatic carbocycles. The molecule has 0 N–H and O–H groups in total. The van der Waals surface area contributed by atoms with E-state index in [9.17, 15) is 14.0 Å².